The third-order valence-electron chi connectivity index (χ3n) is 5.85. The number of nitrogens with zero attached hydrogens (tertiary/aromatic N) is 3. The second-order valence-corrected chi connectivity index (χ2v) is 9.99. The molecule has 4 atom stereocenters. The summed E-state index contributed by atoms with van der Waals surface area (Å²) in [5.74, 6) is -0.476. The van der Waals surface area contributed by atoms with Gasteiger partial charge < -0.3 is 72.7 Å². The number of oxime groups is 3. The second-order valence-electron chi connectivity index (χ2n) is 9.50. The maximum Gasteiger partial charge on any atom is 0.141 e. The van der Waals surface area contributed by atoms with E-state index in [4.69, 9.17) is 101 Å². The molecule has 0 saturated heterocycles. The molecule has 0 radical (unpaired) electrons. The van der Waals surface area contributed by atoms with Crippen LogP contribution in [0.3, 0.4) is 0 Å². The molecule has 0 aromatic carbocycles. The van der Waals surface area contributed by atoms with Crippen molar-refractivity contribution in [3.63, 3.8) is 0 Å². The molecule has 46 heavy (non-hydrogen) atoms. The SMILES string of the molecule is N=C(N)CCOC(COCC/C(N)=N/O)C(OCCC(=S)NO)C(OCC/C(N)=N/O)C(COCC/C(N)=N/O)OCCC(=N)N. The maximum atomic E-state index is 9.17. The number of ether oxygens (including phenoxy) is 6. The van der Waals surface area contributed by atoms with Gasteiger partial charge in [-0.2, -0.15) is 0 Å². The molecule has 0 amide bonds. The molecule has 21 nitrogen and oxygen atoms in total. The Kier molecular flexibility index (Phi) is 24.5. The van der Waals surface area contributed by atoms with Crippen LogP contribution in [0.15, 0.2) is 15.5 Å². The smallest absolute Gasteiger partial charge is 0.141 e. The Morgan fingerprint density at radius 2 is 0.935 bits per heavy atom. The first-order valence-corrected chi connectivity index (χ1v) is 14.5. The van der Waals surface area contributed by atoms with E-state index in [2.05, 4.69) is 15.5 Å². The number of thiocarbonyl (C=S) groups is 1. The first-order chi connectivity index (χ1) is 22.0. The van der Waals surface area contributed by atoms with Gasteiger partial charge in [-0.25, -0.2) is 0 Å². The Morgan fingerprint density at radius 3 is 1.28 bits per heavy atom. The van der Waals surface area contributed by atoms with Crippen molar-refractivity contribution in [2.75, 3.05) is 52.9 Å². The Bertz CT molecular complexity index is 977. The molecule has 0 rings (SSSR count). The zero-order valence-electron chi connectivity index (χ0n) is 25.6. The van der Waals surface area contributed by atoms with Gasteiger partial charge in [-0.1, -0.05) is 27.7 Å². The summed E-state index contributed by atoms with van der Waals surface area (Å²) in [6.07, 6.45) is -3.45. The molecule has 0 spiro atoms. The van der Waals surface area contributed by atoms with E-state index >= 15 is 0 Å². The molecule has 0 aliphatic carbocycles. The molecule has 0 saturated carbocycles. The number of hydroxylamine groups is 1. The molecule has 0 bridgehead atoms. The maximum absolute atomic E-state index is 9.17. The monoisotopic (exact) mass is 683 g/mol. The van der Waals surface area contributed by atoms with Crippen LogP contribution in [0.2, 0.25) is 0 Å². The van der Waals surface area contributed by atoms with Crippen LogP contribution in [0.25, 0.3) is 0 Å². The normalized spacial score (nSPS) is 15.2. The minimum atomic E-state index is -1.03. The van der Waals surface area contributed by atoms with Crippen LogP contribution in [0.5, 0.6) is 0 Å². The molecular weight excluding hydrogens is 634 g/mol. The van der Waals surface area contributed by atoms with Gasteiger partial charge in [0, 0.05) is 38.5 Å². The average molecular weight is 684 g/mol. The zero-order chi connectivity index (χ0) is 34.7. The molecule has 17 N–H and O–H groups in total. The van der Waals surface area contributed by atoms with E-state index in [0.717, 1.165) is 0 Å². The van der Waals surface area contributed by atoms with Crippen molar-refractivity contribution in [1.29, 1.82) is 10.8 Å². The highest BCUT2D eigenvalue weighted by Gasteiger charge is 2.39. The van der Waals surface area contributed by atoms with Gasteiger partial charge in [0.25, 0.3) is 0 Å². The molecule has 0 fully saturated rings. The fourth-order valence-corrected chi connectivity index (χ4v) is 3.57. The van der Waals surface area contributed by atoms with Crippen LogP contribution < -0.4 is 34.1 Å². The second kappa shape index (κ2) is 26.6. The summed E-state index contributed by atoms with van der Waals surface area (Å²) in [6.45, 7) is -0.309. The summed E-state index contributed by atoms with van der Waals surface area (Å²) in [6, 6.07) is 0. The van der Waals surface area contributed by atoms with Crippen LogP contribution in [0, 0.1) is 10.8 Å². The van der Waals surface area contributed by atoms with Gasteiger partial charge >= 0.3 is 0 Å². The van der Waals surface area contributed by atoms with Gasteiger partial charge in [-0.3, -0.25) is 21.5 Å². The van der Waals surface area contributed by atoms with Crippen molar-refractivity contribution in [2.45, 2.75) is 62.9 Å². The number of hydrogen-bond acceptors (Lipinski definition) is 16. The van der Waals surface area contributed by atoms with E-state index in [0.29, 0.717) is 0 Å². The largest absolute Gasteiger partial charge is 0.409 e. The fourth-order valence-electron chi connectivity index (χ4n) is 3.49. The minimum Gasteiger partial charge on any atom is -0.409 e. The topological polar surface area (TPSA) is 363 Å². The van der Waals surface area contributed by atoms with E-state index in [1.807, 2.05) is 5.48 Å². The van der Waals surface area contributed by atoms with Crippen LogP contribution >= 0.6 is 12.2 Å². The van der Waals surface area contributed by atoms with Gasteiger partial charge in [0.05, 0.1) is 64.5 Å². The molecule has 4 unspecified atom stereocenters. The predicted octanol–water partition coefficient (Wildman–Crippen LogP) is -1.68. The van der Waals surface area contributed by atoms with Crippen molar-refractivity contribution in [3.8, 4) is 0 Å². The van der Waals surface area contributed by atoms with Gasteiger partial charge in [0.15, 0.2) is 0 Å². The first kappa shape index (κ1) is 42.4. The summed E-state index contributed by atoms with van der Waals surface area (Å²) in [4.78, 5) is 0.0907. The Hall–Kier alpha value is -3.64. The molecule has 0 aromatic heterocycles. The highest BCUT2D eigenvalue weighted by atomic mass is 32.1. The van der Waals surface area contributed by atoms with Crippen molar-refractivity contribution < 1.29 is 49.3 Å². The predicted molar refractivity (Wildman–Crippen MR) is 170 cm³/mol. The van der Waals surface area contributed by atoms with E-state index in [1.54, 1.807) is 0 Å². The van der Waals surface area contributed by atoms with Gasteiger partial charge in [0.1, 0.15) is 46.9 Å². The van der Waals surface area contributed by atoms with Crippen LogP contribution in [0.4, 0.5) is 0 Å². The van der Waals surface area contributed by atoms with Gasteiger partial charge in [-0.15, -0.1) is 0 Å². The third-order valence-corrected chi connectivity index (χ3v) is 6.15. The summed E-state index contributed by atoms with van der Waals surface area (Å²) < 4.78 is 36.1. The van der Waals surface area contributed by atoms with Crippen LogP contribution in [-0.2, 0) is 28.4 Å². The molecule has 0 aliphatic heterocycles. The van der Waals surface area contributed by atoms with E-state index in [9.17, 15) is 0 Å². The first-order valence-electron chi connectivity index (χ1n) is 14.1. The number of amidine groups is 5. The number of nitrogens with two attached hydrogens (primary N) is 5. The standard InChI is InChI=1S/C24H49N11O10S/c25-17(26)1-9-42-15(13-40-7-3-19(29)32-36)23(44-11-5-21(31)34-38)24(45-12-6-22(46)35-39)16(43-10-2-18(27)28)14-41-8-4-20(30)33-37/h15-16,23-24,36-39H,1-14H2,(H3,25,26)(H3,27,28)(H2,29,32)(H2,30,33)(H2,31,34)(H,35,46). The van der Waals surface area contributed by atoms with E-state index in [1.165, 1.54) is 0 Å². The Labute approximate surface area is 271 Å². The lowest BCUT2D eigenvalue weighted by molar-refractivity contribution is -0.194. The summed E-state index contributed by atoms with van der Waals surface area (Å²) >= 11 is 5.03. The lowest BCUT2D eigenvalue weighted by Crippen LogP contribution is -2.53. The summed E-state index contributed by atoms with van der Waals surface area (Å²) in [7, 11) is 0. The molecule has 0 aromatic rings. The fraction of sp³-hybridized carbons (Fsp3) is 0.750. The van der Waals surface area contributed by atoms with Crippen LogP contribution in [0.1, 0.15) is 38.5 Å². The molecular formula is C24H49N11O10S. The number of hydrogen-bond donors (Lipinski definition) is 12. The quantitative estimate of drug-likeness (QED) is 0.0104. The Balaban J connectivity index is 6.55. The molecule has 0 aliphatic rings. The van der Waals surface area contributed by atoms with Gasteiger partial charge in [-0.05, 0) is 0 Å². The van der Waals surface area contributed by atoms with Crippen molar-refractivity contribution >= 4 is 46.4 Å². The third kappa shape index (κ3) is 21.2. The summed E-state index contributed by atoms with van der Waals surface area (Å²) in [5.41, 5.74) is 29.7. The molecule has 266 valence electrons. The van der Waals surface area contributed by atoms with Gasteiger partial charge in [0.2, 0.25) is 0 Å². The summed E-state index contributed by atoms with van der Waals surface area (Å²) in [5, 5.41) is 59.9. The lowest BCUT2D eigenvalue weighted by atomic mass is 10.0. The molecule has 22 heteroatoms. The van der Waals surface area contributed by atoms with Crippen molar-refractivity contribution in [1.82, 2.24) is 5.48 Å². The minimum absolute atomic E-state index is 0.00882. The molecule has 0 heterocycles. The van der Waals surface area contributed by atoms with E-state index < -0.39 is 24.4 Å². The zero-order valence-corrected chi connectivity index (χ0v) is 26.4. The Morgan fingerprint density at radius 1 is 0.587 bits per heavy atom. The van der Waals surface area contributed by atoms with Crippen LogP contribution in [-0.4, -0.2) is 132 Å². The van der Waals surface area contributed by atoms with Crippen molar-refractivity contribution in [2.24, 2.45) is 44.1 Å². The number of rotatable bonds is 29. The van der Waals surface area contributed by atoms with E-state index in [-0.39, 0.29) is 126 Å². The average Bonchev–Trinajstić information content (AvgIpc) is 3.03. The highest BCUT2D eigenvalue weighted by molar-refractivity contribution is 7.80. The highest BCUT2D eigenvalue weighted by Crippen LogP contribution is 2.21. The van der Waals surface area contributed by atoms with Crippen molar-refractivity contribution in [3.05, 3.63) is 0 Å². The lowest BCUT2D eigenvalue weighted by Gasteiger charge is -2.37. The number of nitrogens with one attached hydrogen (secondary N) is 3.